The number of hydrogen-bond acceptors (Lipinski definition) is 1. The van der Waals surface area contributed by atoms with E-state index in [0.29, 0.717) is 6.04 Å². The summed E-state index contributed by atoms with van der Waals surface area (Å²) in [4.78, 5) is 0. The maximum absolute atomic E-state index is 11.9. The first-order valence-corrected chi connectivity index (χ1v) is 6.31. The fourth-order valence-corrected chi connectivity index (χ4v) is 2.48. The predicted octanol–water partition coefficient (Wildman–Crippen LogP) is 3.89. The van der Waals surface area contributed by atoms with Gasteiger partial charge in [-0.25, -0.2) is 0 Å². The summed E-state index contributed by atoms with van der Waals surface area (Å²) in [6.45, 7) is 2.26. The van der Waals surface area contributed by atoms with Gasteiger partial charge in [0.05, 0.1) is 6.42 Å². The highest BCUT2D eigenvalue weighted by Gasteiger charge is 2.27. The minimum atomic E-state index is -4.02. The van der Waals surface area contributed by atoms with Gasteiger partial charge < -0.3 is 5.32 Å². The van der Waals surface area contributed by atoms with Crippen molar-refractivity contribution < 1.29 is 13.2 Å². The fraction of sp³-hybridized carbons (Fsp3) is 1.00. The number of nitrogens with one attached hydrogen (secondary N) is 1. The number of rotatable bonds is 5. The van der Waals surface area contributed by atoms with Crippen LogP contribution in [0.15, 0.2) is 0 Å². The Morgan fingerprint density at radius 2 is 1.75 bits per heavy atom. The lowest BCUT2D eigenvalue weighted by molar-refractivity contribution is -0.133. The van der Waals surface area contributed by atoms with Crippen molar-refractivity contribution in [2.75, 3.05) is 6.54 Å². The second kappa shape index (κ2) is 6.48. The highest BCUT2D eigenvalue weighted by atomic mass is 19.4. The van der Waals surface area contributed by atoms with E-state index >= 15 is 0 Å². The number of alkyl halides is 3. The van der Waals surface area contributed by atoms with Crippen LogP contribution < -0.4 is 5.32 Å². The van der Waals surface area contributed by atoms with Crippen molar-refractivity contribution >= 4 is 0 Å². The molecule has 1 N–H and O–H groups in total. The molecular formula is C12H22F3N. The topological polar surface area (TPSA) is 12.0 Å². The molecule has 0 atom stereocenters. The Morgan fingerprint density at radius 1 is 1.12 bits per heavy atom. The van der Waals surface area contributed by atoms with Crippen molar-refractivity contribution in [1.82, 2.24) is 5.32 Å². The summed E-state index contributed by atoms with van der Waals surface area (Å²) >= 11 is 0. The first-order valence-electron chi connectivity index (χ1n) is 6.31. The van der Waals surface area contributed by atoms with Crippen molar-refractivity contribution in [2.24, 2.45) is 5.92 Å². The maximum Gasteiger partial charge on any atom is 0.390 e. The van der Waals surface area contributed by atoms with Crippen LogP contribution in [0.5, 0.6) is 0 Å². The van der Waals surface area contributed by atoms with Crippen LogP contribution in [0.3, 0.4) is 0 Å². The van der Waals surface area contributed by atoms with Gasteiger partial charge in [-0.15, -0.1) is 0 Å². The first-order chi connectivity index (χ1) is 7.51. The lowest BCUT2D eigenvalue weighted by atomic mass is 9.83. The van der Waals surface area contributed by atoms with E-state index in [9.17, 15) is 13.2 Å². The van der Waals surface area contributed by atoms with Crippen LogP contribution in [0.1, 0.15) is 51.9 Å². The summed E-state index contributed by atoms with van der Waals surface area (Å²) in [5, 5.41) is 3.02. The van der Waals surface area contributed by atoms with Crippen LogP contribution in [0.25, 0.3) is 0 Å². The molecule has 0 spiro atoms. The molecular weight excluding hydrogens is 215 g/mol. The highest BCUT2D eigenvalue weighted by molar-refractivity contribution is 4.77. The molecule has 4 heteroatoms. The van der Waals surface area contributed by atoms with Crippen molar-refractivity contribution in [3.63, 3.8) is 0 Å². The Hall–Kier alpha value is -0.250. The third kappa shape index (κ3) is 5.73. The average Bonchev–Trinajstić information content (AvgIpc) is 2.19. The third-order valence-electron chi connectivity index (χ3n) is 3.39. The predicted molar refractivity (Wildman–Crippen MR) is 59.3 cm³/mol. The molecule has 1 fully saturated rings. The summed E-state index contributed by atoms with van der Waals surface area (Å²) in [5.41, 5.74) is 0. The van der Waals surface area contributed by atoms with Crippen LogP contribution in [0.4, 0.5) is 13.2 Å². The molecule has 16 heavy (non-hydrogen) atoms. The van der Waals surface area contributed by atoms with Crippen LogP contribution in [0, 0.1) is 5.92 Å². The van der Waals surface area contributed by atoms with Crippen LogP contribution in [-0.4, -0.2) is 18.8 Å². The zero-order chi connectivity index (χ0) is 12.0. The molecule has 96 valence electrons. The SMILES string of the molecule is CCCC1CCC(NCCC(F)(F)F)CC1. The summed E-state index contributed by atoms with van der Waals surface area (Å²) in [7, 11) is 0. The summed E-state index contributed by atoms with van der Waals surface area (Å²) in [6, 6.07) is 0.315. The minimum Gasteiger partial charge on any atom is -0.314 e. The summed E-state index contributed by atoms with van der Waals surface area (Å²) in [5.74, 6) is 0.811. The fourth-order valence-electron chi connectivity index (χ4n) is 2.48. The Labute approximate surface area is 95.8 Å². The molecule has 1 rings (SSSR count). The Bertz CT molecular complexity index is 183. The Morgan fingerprint density at radius 3 is 2.25 bits per heavy atom. The molecule has 1 saturated carbocycles. The van der Waals surface area contributed by atoms with E-state index in [2.05, 4.69) is 12.2 Å². The second-order valence-electron chi connectivity index (χ2n) is 4.83. The molecule has 0 bridgehead atoms. The molecule has 0 aromatic carbocycles. The lowest BCUT2D eigenvalue weighted by Gasteiger charge is -2.29. The van der Waals surface area contributed by atoms with E-state index in [0.717, 1.165) is 18.8 Å². The zero-order valence-electron chi connectivity index (χ0n) is 9.95. The van der Waals surface area contributed by atoms with Crippen LogP contribution in [0.2, 0.25) is 0 Å². The van der Waals surface area contributed by atoms with Crippen molar-refractivity contribution in [3.8, 4) is 0 Å². The van der Waals surface area contributed by atoms with Gasteiger partial charge in [-0.3, -0.25) is 0 Å². The van der Waals surface area contributed by atoms with Gasteiger partial charge in [-0.2, -0.15) is 13.2 Å². The molecule has 0 heterocycles. The second-order valence-corrected chi connectivity index (χ2v) is 4.83. The van der Waals surface area contributed by atoms with E-state index in [1.165, 1.54) is 25.7 Å². The molecule has 0 amide bonds. The molecule has 1 aliphatic rings. The molecule has 0 radical (unpaired) electrons. The first kappa shape index (κ1) is 13.8. The van der Waals surface area contributed by atoms with E-state index in [1.54, 1.807) is 0 Å². The quantitative estimate of drug-likeness (QED) is 0.765. The van der Waals surface area contributed by atoms with E-state index in [1.807, 2.05) is 0 Å². The summed E-state index contributed by atoms with van der Waals surface area (Å²) in [6.07, 6.45) is 2.21. The summed E-state index contributed by atoms with van der Waals surface area (Å²) < 4.78 is 35.8. The number of halogens is 3. The van der Waals surface area contributed by atoms with Gasteiger partial charge >= 0.3 is 6.18 Å². The van der Waals surface area contributed by atoms with Crippen molar-refractivity contribution in [3.05, 3.63) is 0 Å². The van der Waals surface area contributed by atoms with E-state index in [4.69, 9.17) is 0 Å². The van der Waals surface area contributed by atoms with Gasteiger partial charge in [0.2, 0.25) is 0 Å². The van der Waals surface area contributed by atoms with Gasteiger partial charge in [-0.05, 0) is 31.6 Å². The number of hydrogen-bond donors (Lipinski definition) is 1. The maximum atomic E-state index is 11.9. The van der Waals surface area contributed by atoms with Gasteiger partial charge in [0.1, 0.15) is 0 Å². The molecule has 0 unspecified atom stereocenters. The third-order valence-corrected chi connectivity index (χ3v) is 3.39. The molecule has 0 aliphatic heterocycles. The zero-order valence-corrected chi connectivity index (χ0v) is 9.95. The lowest BCUT2D eigenvalue weighted by Crippen LogP contribution is -2.35. The van der Waals surface area contributed by atoms with Crippen molar-refractivity contribution in [1.29, 1.82) is 0 Å². The highest BCUT2D eigenvalue weighted by Crippen LogP contribution is 2.28. The molecule has 1 nitrogen and oxygen atoms in total. The van der Waals surface area contributed by atoms with E-state index < -0.39 is 12.6 Å². The van der Waals surface area contributed by atoms with Gasteiger partial charge in [0.25, 0.3) is 0 Å². The van der Waals surface area contributed by atoms with Gasteiger partial charge in [0, 0.05) is 12.6 Å². The molecule has 0 aromatic heterocycles. The standard InChI is InChI=1S/C12H22F3N/c1-2-3-10-4-6-11(7-5-10)16-9-8-12(13,14)15/h10-11,16H,2-9H2,1H3. The monoisotopic (exact) mass is 237 g/mol. The van der Waals surface area contributed by atoms with Crippen LogP contribution in [-0.2, 0) is 0 Å². The van der Waals surface area contributed by atoms with Gasteiger partial charge in [-0.1, -0.05) is 19.8 Å². The average molecular weight is 237 g/mol. The normalized spacial score (nSPS) is 27.0. The van der Waals surface area contributed by atoms with Crippen molar-refractivity contribution in [2.45, 2.75) is 64.1 Å². The smallest absolute Gasteiger partial charge is 0.314 e. The largest absolute Gasteiger partial charge is 0.390 e. The Balaban J connectivity index is 2.08. The van der Waals surface area contributed by atoms with Crippen LogP contribution >= 0.6 is 0 Å². The van der Waals surface area contributed by atoms with E-state index in [-0.39, 0.29) is 6.54 Å². The molecule has 0 aromatic rings. The molecule has 1 aliphatic carbocycles. The minimum absolute atomic E-state index is 0.0760. The molecule has 0 saturated heterocycles. The Kier molecular flexibility index (Phi) is 5.59. The van der Waals surface area contributed by atoms with Gasteiger partial charge in [0.15, 0.2) is 0 Å².